The van der Waals surface area contributed by atoms with Crippen LogP contribution in [0.2, 0.25) is 0 Å². The van der Waals surface area contributed by atoms with Crippen molar-refractivity contribution in [2.75, 3.05) is 25.7 Å². The van der Waals surface area contributed by atoms with E-state index in [2.05, 4.69) is 22.6 Å². The van der Waals surface area contributed by atoms with Crippen LogP contribution in [-0.2, 0) is 27.2 Å². The number of ether oxygens (including phenoxy) is 2. The first-order valence-electron chi connectivity index (χ1n) is 11.6. The Morgan fingerprint density at radius 1 is 0.944 bits per heavy atom. The predicted molar refractivity (Wildman–Crippen MR) is 145 cm³/mol. The van der Waals surface area contributed by atoms with Crippen molar-refractivity contribution >= 4 is 46.0 Å². The fourth-order valence-electron chi connectivity index (χ4n) is 4.33. The van der Waals surface area contributed by atoms with Crippen molar-refractivity contribution in [1.82, 2.24) is 4.90 Å². The molecule has 1 unspecified atom stereocenters. The third kappa shape index (κ3) is 5.70. The second-order valence-corrected chi connectivity index (χ2v) is 9.70. The number of hydrogen-bond acceptors (Lipinski definition) is 5. The van der Waals surface area contributed by atoms with E-state index in [1.54, 1.807) is 31.3 Å². The highest BCUT2D eigenvalue weighted by molar-refractivity contribution is 14.1. The summed E-state index contributed by atoms with van der Waals surface area (Å²) in [6.45, 7) is 0.283. The van der Waals surface area contributed by atoms with Gasteiger partial charge in [-0.3, -0.25) is 14.4 Å². The van der Waals surface area contributed by atoms with Crippen molar-refractivity contribution < 1.29 is 23.9 Å². The van der Waals surface area contributed by atoms with Gasteiger partial charge in [0.1, 0.15) is 6.04 Å². The molecule has 1 saturated heterocycles. The van der Waals surface area contributed by atoms with E-state index in [1.165, 1.54) is 4.90 Å². The summed E-state index contributed by atoms with van der Waals surface area (Å²) in [5, 5.41) is 0. The summed E-state index contributed by atoms with van der Waals surface area (Å²) in [6.07, 6.45) is 0.591. The molecular weight excluding hydrogens is 571 g/mol. The maximum absolute atomic E-state index is 13.5. The van der Waals surface area contributed by atoms with E-state index < -0.39 is 6.04 Å². The number of carbonyl (C=O) groups excluding carboxylic acids is 3. The van der Waals surface area contributed by atoms with Gasteiger partial charge in [-0.25, -0.2) is 4.90 Å². The summed E-state index contributed by atoms with van der Waals surface area (Å²) >= 11 is 2.17. The maximum atomic E-state index is 13.5. The summed E-state index contributed by atoms with van der Waals surface area (Å²) in [6, 6.07) is 21.3. The van der Waals surface area contributed by atoms with Gasteiger partial charge in [-0.2, -0.15) is 0 Å². The number of rotatable bonds is 9. The van der Waals surface area contributed by atoms with Gasteiger partial charge in [-0.05, 0) is 76.5 Å². The van der Waals surface area contributed by atoms with Crippen molar-refractivity contribution in [3.63, 3.8) is 0 Å². The Morgan fingerprint density at radius 3 is 2.31 bits per heavy atom. The van der Waals surface area contributed by atoms with Crippen LogP contribution in [0.3, 0.4) is 0 Å². The lowest BCUT2D eigenvalue weighted by Gasteiger charge is -2.28. The molecule has 0 N–H and O–H groups in total. The molecule has 0 aliphatic carbocycles. The Balaban J connectivity index is 1.59. The Kier molecular flexibility index (Phi) is 8.25. The topological polar surface area (TPSA) is 76.2 Å². The minimum absolute atomic E-state index is 0.0444. The fraction of sp³-hybridized carbons (Fsp3) is 0.250. The summed E-state index contributed by atoms with van der Waals surface area (Å²) in [5.74, 6) is 0.319. The first kappa shape index (κ1) is 25.7. The summed E-state index contributed by atoms with van der Waals surface area (Å²) in [4.78, 5) is 42.6. The van der Waals surface area contributed by atoms with Gasteiger partial charge in [0.15, 0.2) is 11.5 Å². The fourth-order valence-corrected chi connectivity index (χ4v) is 4.69. The van der Waals surface area contributed by atoms with Crippen LogP contribution < -0.4 is 14.4 Å². The van der Waals surface area contributed by atoms with Crippen LogP contribution in [0.25, 0.3) is 0 Å². The third-order valence-electron chi connectivity index (χ3n) is 6.19. The Hall–Kier alpha value is -3.40. The van der Waals surface area contributed by atoms with E-state index in [0.717, 1.165) is 14.7 Å². The molecule has 1 aliphatic rings. The predicted octanol–water partition coefficient (Wildman–Crippen LogP) is 4.25. The van der Waals surface area contributed by atoms with Crippen LogP contribution in [0.4, 0.5) is 5.69 Å². The lowest BCUT2D eigenvalue weighted by Crippen LogP contribution is -2.47. The first-order chi connectivity index (χ1) is 17.4. The highest BCUT2D eigenvalue weighted by Crippen LogP contribution is 2.29. The van der Waals surface area contributed by atoms with Gasteiger partial charge in [0.05, 0.1) is 32.7 Å². The molecule has 1 aliphatic heterocycles. The molecule has 0 spiro atoms. The number of nitrogens with zero attached hydrogens (tertiary/aromatic N) is 2. The summed E-state index contributed by atoms with van der Waals surface area (Å²) < 4.78 is 11.7. The van der Waals surface area contributed by atoms with Gasteiger partial charge in [-0.15, -0.1) is 0 Å². The Labute approximate surface area is 224 Å². The molecule has 3 aromatic rings. The second-order valence-electron chi connectivity index (χ2n) is 8.45. The van der Waals surface area contributed by atoms with Crippen LogP contribution in [0.5, 0.6) is 11.5 Å². The highest BCUT2D eigenvalue weighted by Gasteiger charge is 2.44. The van der Waals surface area contributed by atoms with Gasteiger partial charge >= 0.3 is 0 Å². The molecule has 7 nitrogen and oxygen atoms in total. The lowest BCUT2D eigenvalue weighted by molar-refractivity contribution is -0.137. The highest BCUT2D eigenvalue weighted by atomic mass is 127. The smallest absolute Gasteiger partial charge is 0.257 e. The average molecular weight is 598 g/mol. The average Bonchev–Trinajstić information content (AvgIpc) is 3.18. The minimum Gasteiger partial charge on any atom is -0.493 e. The van der Waals surface area contributed by atoms with Crippen LogP contribution >= 0.6 is 22.6 Å². The normalized spacial score (nSPS) is 15.2. The molecule has 1 heterocycles. The van der Waals surface area contributed by atoms with Crippen LogP contribution in [0, 0.1) is 3.57 Å². The maximum Gasteiger partial charge on any atom is 0.257 e. The zero-order valence-corrected chi connectivity index (χ0v) is 22.3. The van der Waals surface area contributed by atoms with Crippen LogP contribution in [-0.4, -0.2) is 49.4 Å². The first-order valence-corrected chi connectivity index (χ1v) is 12.7. The second kappa shape index (κ2) is 11.6. The number of imide groups is 1. The molecule has 36 heavy (non-hydrogen) atoms. The summed E-state index contributed by atoms with van der Waals surface area (Å²) in [7, 11) is 3.14. The summed E-state index contributed by atoms with van der Waals surface area (Å²) in [5.41, 5.74) is 2.30. The van der Waals surface area contributed by atoms with Gasteiger partial charge in [0, 0.05) is 10.1 Å². The largest absolute Gasteiger partial charge is 0.493 e. The number of anilines is 1. The molecule has 1 fully saturated rings. The molecule has 0 radical (unpaired) electrons. The Morgan fingerprint density at radius 2 is 1.64 bits per heavy atom. The molecule has 3 aromatic carbocycles. The van der Waals surface area contributed by atoms with Crippen LogP contribution in [0.15, 0.2) is 72.8 Å². The number of carbonyl (C=O) groups is 3. The van der Waals surface area contributed by atoms with E-state index in [1.807, 2.05) is 60.7 Å². The van der Waals surface area contributed by atoms with Gasteiger partial charge in [0.25, 0.3) is 5.91 Å². The number of hydrogen-bond donors (Lipinski definition) is 0. The van der Waals surface area contributed by atoms with Crippen molar-refractivity contribution in [2.24, 2.45) is 0 Å². The minimum atomic E-state index is -0.854. The molecule has 4 rings (SSSR count). The molecule has 8 heteroatoms. The number of benzene rings is 3. The van der Waals surface area contributed by atoms with E-state index in [0.29, 0.717) is 23.6 Å². The number of methoxy groups -OCH3 is 2. The van der Waals surface area contributed by atoms with Crippen molar-refractivity contribution in [3.05, 3.63) is 87.5 Å². The molecule has 1 atom stereocenters. The molecule has 3 amide bonds. The quantitative estimate of drug-likeness (QED) is 0.272. The third-order valence-corrected chi connectivity index (χ3v) is 6.91. The molecule has 0 bridgehead atoms. The Bertz CT molecular complexity index is 1250. The molecule has 186 valence electrons. The van der Waals surface area contributed by atoms with E-state index in [-0.39, 0.29) is 37.1 Å². The van der Waals surface area contributed by atoms with Crippen LogP contribution in [0.1, 0.15) is 17.5 Å². The van der Waals surface area contributed by atoms with E-state index in [4.69, 9.17) is 9.47 Å². The van der Waals surface area contributed by atoms with E-state index >= 15 is 0 Å². The number of amides is 3. The number of halogens is 1. The van der Waals surface area contributed by atoms with Gasteiger partial charge < -0.3 is 14.4 Å². The van der Waals surface area contributed by atoms with Crippen molar-refractivity contribution in [2.45, 2.75) is 25.3 Å². The standard InChI is InChI=1S/C28H27IN2O5/c1-35-24-13-8-20(16-25(24)36-2)14-15-30(26(32)17-19-6-4-3-5-7-19)23-18-27(33)31(28(23)34)22-11-9-21(29)10-12-22/h3-13,16,23H,14-15,17-18H2,1-2H3. The molecule has 0 saturated carbocycles. The van der Waals surface area contributed by atoms with E-state index in [9.17, 15) is 14.4 Å². The molecule has 0 aromatic heterocycles. The van der Waals surface area contributed by atoms with Gasteiger partial charge in [-0.1, -0.05) is 36.4 Å². The van der Waals surface area contributed by atoms with Crippen molar-refractivity contribution in [3.8, 4) is 11.5 Å². The SMILES string of the molecule is COc1ccc(CCN(C(=O)Cc2ccccc2)C2CC(=O)N(c3ccc(I)cc3)C2=O)cc1OC. The zero-order valence-electron chi connectivity index (χ0n) is 20.1. The zero-order chi connectivity index (χ0) is 25.7. The monoisotopic (exact) mass is 598 g/mol. The van der Waals surface area contributed by atoms with Gasteiger partial charge in [0.2, 0.25) is 11.8 Å². The van der Waals surface area contributed by atoms with Crippen molar-refractivity contribution in [1.29, 1.82) is 0 Å². The molecular formula is C28H27IN2O5. The lowest BCUT2D eigenvalue weighted by atomic mass is 10.1.